The molecule has 1 heterocycles. The molecule has 0 aromatic heterocycles. The highest BCUT2D eigenvalue weighted by Gasteiger charge is 2.33. The van der Waals surface area contributed by atoms with Gasteiger partial charge in [-0.25, -0.2) is 21.2 Å². The number of hydrogen-bond acceptors (Lipinski definition) is 6. The minimum Gasteiger partial charge on any atom is -0.495 e. The van der Waals surface area contributed by atoms with E-state index in [1.54, 1.807) is 0 Å². The fraction of sp³-hybridized carbons (Fsp3) is 0.278. The average Bonchev–Trinajstić information content (AvgIpc) is 3.02. The Morgan fingerprint density at radius 3 is 2.45 bits per heavy atom. The van der Waals surface area contributed by atoms with Gasteiger partial charge in [0, 0.05) is 5.69 Å². The minimum absolute atomic E-state index is 0.0313. The van der Waals surface area contributed by atoms with Crippen LogP contribution in [0.4, 0.5) is 15.8 Å². The first kappa shape index (κ1) is 21.1. The lowest BCUT2D eigenvalue weighted by molar-refractivity contribution is -0.119. The number of halogens is 1. The lowest BCUT2D eigenvalue weighted by atomic mass is 10.1. The Kier molecular flexibility index (Phi) is 5.80. The molecular formula is C18H19FN2O6S2. The van der Waals surface area contributed by atoms with Crippen LogP contribution in [0.3, 0.4) is 0 Å². The third-order valence-electron chi connectivity index (χ3n) is 4.44. The second-order valence-corrected chi connectivity index (χ2v) is 10.5. The van der Waals surface area contributed by atoms with Gasteiger partial charge in [0.1, 0.15) is 11.6 Å². The SMILES string of the molecule is COc1ccc(NC(=O)C2CCS(=O)(=O)C2)cc1NS(=O)(=O)c1ccc(F)cc1. The number of amides is 1. The first-order valence-electron chi connectivity index (χ1n) is 8.57. The van der Waals surface area contributed by atoms with Gasteiger partial charge in [-0.15, -0.1) is 0 Å². The van der Waals surface area contributed by atoms with E-state index in [2.05, 4.69) is 10.0 Å². The van der Waals surface area contributed by atoms with Crippen molar-refractivity contribution in [3.05, 3.63) is 48.3 Å². The van der Waals surface area contributed by atoms with Crippen LogP contribution in [0.2, 0.25) is 0 Å². The number of methoxy groups -OCH3 is 1. The third-order valence-corrected chi connectivity index (χ3v) is 7.59. The average molecular weight is 442 g/mol. The Labute approximate surface area is 168 Å². The van der Waals surface area contributed by atoms with Crippen molar-refractivity contribution in [2.45, 2.75) is 11.3 Å². The predicted molar refractivity (Wildman–Crippen MR) is 106 cm³/mol. The van der Waals surface area contributed by atoms with Crippen LogP contribution in [0.25, 0.3) is 0 Å². The number of rotatable bonds is 6. The molecule has 11 heteroatoms. The van der Waals surface area contributed by atoms with E-state index >= 15 is 0 Å². The van der Waals surface area contributed by atoms with Crippen LogP contribution in [0.15, 0.2) is 47.4 Å². The predicted octanol–water partition coefficient (Wildman–Crippen LogP) is 2.01. The number of carbonyl (C=O) groups is 1. The zero-order valence-corrected chi connectivity index (χ0v) is 17.0. The first-order valence-corrected chi connectivity index (χ1v) is 11.9. The van der Waals surface area contributed by atoms with Crippen molar-refractivity contribution in [1.29, 1.82) is 0 Å². The van der Waals surface area contributed by atoms with E-state index in [-0.39, 0.29) is 39.9 Å². The van der Waals surface area contributed by atoms with Gasteiger partial charge in [0.2, 0.25) is 5.91 Å². The highest BCUT2D eigenvalue weighted by atomic mass is 32.2. The monoisotopic (exact) mass is 442 g/mol. The summed E-state index contributed by atoms with van der Waals surface area (Å²) in [5.41, 5.74) is 0.338. The number of sulfonamides is 1. The summed E-state index contributed by atoms with van der Waals surface area (Å²) in [6.45, 7) is 0. The van der Waals surface area contributed by atoms with Gasteiger partial charge >= 0.3 is 0 Å². The highest BCUT2D eigenvalue weighted by molar-refractivity contribution is 7.92. The molecule has 29 heavy (non-hydrogen) atoms. The van der Waals surface area contributed by atoms with E-state index in [0.717, 1.165) is 24.3 Å². The topological polar surface area (TPSA) is 119 Å². The van der Waals surface area contributed by atoms with Crippen LogP contribution in [-0.4, -0.2) is 41.4 Å². The Hall–Kier alpha value is -2.66. The maximum absolute atomic E-state index is 13.1. The molecule has 2 aromatic carbocycles. The molecule has 0 saturated carbocycles. The summed E-state index contributed by atoms with van der Waals surface area (Å²) in [7, 11) is -5.88. The molecule has 8 nitrogen and oxygen atoms in total. The lowest BCUT2D eigenvalue weighted by Gasteiger charge is -2.15. The molecule has 3 rings (SSSR count). The fourth-order valence-electron chi connectivity index (χ4n) is 2.93. The van der Waals surface area contributed by atoms with Crippen LogP contribution < -0.4 is 14.8 Å². The largest absolute Gasteiger partial charge is 0.495 e. The molecule has 2 N–H and O–H groups in total. The molecule has 1 unspecified atom stereocenters. The molecule has 1 aliphatic rings. The smallest absolute Gasteiger partial charge is 0.262 e. The summed E-state index contributed by atoms with van der Waals surface area (Å²) in [5, 5.41) is 2.60. The van der Waals surface area contributed by atoms with E-state index in [4.69, 9.17) is 4.74 Å². The minimum atomic E-state index is -4.03. The van der Waals surface area contributed by atoms with Crippen LogP contribution in [-0.2, 0) is 24.7 Å². The number of benzene rings is 2. The molecule has 0 spiro atoms. The summed E-state index contributed by atoms with van der Waals surface area (Å²) in [5.74, 6) is -1.71. The number of ether oxygens (including phenoxy) is 1. The van der Waals surface area contributed by atoms with Crippen molar-refractivity contribution >= 4 is 37.1 Å². The molecule has 1 amide bonds. The Balaban J connectivity index is 1.82. The number of anilines is 2. The van der Waals surface area contributed by atoms with Crippen molar-refractivity contribution in [3.8, 4) is 5.75 Å². The van der Waals surface area contributed by atoms with Gasteiger partial charge in [0.05, 0.1) is 35.1 Å². The van der Waals surface area contributed by atoms with Crippen molar-refractivity contribution in [2.24, 2.45) is 5.92 Å². The maximum Gasteiger partial charge on any atom is 0.262 e. The number of nitrogens with one attached hydrogen (secondary N) is 2. The van der Waals surface area contributed by atoms with Crippen LogP contribution in [0, 0.1) is 11.7 Å². The summed E-state index contributed by atoms with van der Waals surface area (Å²) < 4.78 is 68.8. The number of hydrogen-bond donors (Lipinski definition) is 2. The van der Waals surface area contributed by atoms with Gasteiger partial charge in [0.15, 0.2) is 9.84 Å². The normalized spacial score (nSPS) is 18.2. The third kappa shape index (κ3) is 5.04. The highest BCUT2D eigenvalue weighted by Crippen LogP contribution is 2.31. The molecular weight excluding hydrogens is 423 g/mol. The van der Waals surface area contributed by atoms with Gasteiger partial charge < -0.3 is 10.1 Å². The molecule has 1 fully saturated rings. The molecule has 0 radical (unpaired) electrons. The first-order chi connectivity index (χ1) is 13.6. The van der Waals surface area contributed by atoms with Crippen LogP contribution in [0.5, 0.6) is 5.75 Å². The van der Waals surface area contributed by atoms with E-state index < -0.39 is 37.5 Å². The van der Waals surface area contributed by atoms with Gasteiger partial charge in [0.25, 0.3) is 10.0 Å². The van der Waals surface area contributed by atoms with Crippen molar-refractivity contribution in [2.75, 3.05) is 28.7 Å². The molecule has 0 bridgehead atoms. The summed E-state index contributed by atoms with van der Waals surface area (Å²) in [4.78, 5) is 12.2. The summed E-state index contributed by atoms with van der Waals surface area (Å²) >= 11 is 0. The van der Waals surface area contributed by atoms with Gasteiger partial charge in [-0.2, -0.15) is 0 Å². The van der Waals surface area contributed by atoms with E-state index in [9.17, 15) is 26.0 Å². The Morgan fingerprint density at radius 1 is 1.17 bits per heavy atom. The van der Waals surface area contributed by atoms with Gasteiger partial charge in [-0.1, -0.05) is 0 Å². The van der Waals surface area contributed by atoms with Crippen LogP contribution >= 0.6 is 0 Å². The molecule has 1 atom stereocenters. The fourth-order valence-corrected chi connectivity index (χ4v) is 5.73. The van der Waals surface area contributed by atoms with Gasteiger partial charge in [-0.3, -0.25) is 9.52 Å². The molecule has 1 aliphatic heterocycles. The van der Waals surface area contributed by atoms with Crippen LogP contribution in [0.1, 0.15) is 6.42 Å². The van der Waals surface area contributed by atoms with E-state index in [1.807, 2.05) is 0 Å². The van der Waals surface area contributed by atoms with Gasteiger partial charge in [-0.05, 0) is 48.9 Å². The molecule has 2 aromatic rings. The lowest BCUT2D eigenvalue weighted by Crippen LogP contribution is -2.23. The Bertz CT molecular complexity index is 1130. The molecule has 1 saturated heterocycles. The zero-order chi connectivity index (χ0) is 21.2. The summed E-state index contributed by atoms with van der Waals surface area (Å²) in [6, 6.07) is 8.63. The zero-order valence-electron chi connectivity index (χ0n) is 15.4. The number of sulfone groups is 1. The summed E-state index contributed by atoms with van der Waals surface area (Å²) in [6.07, 6.45) is 0.244. The number of carbonyl (C=O) groups excluding carboxylic acids is 1. The van der Waals surface area contributed by atoms with E-state index in [1.165, 1.54) is 25.3 Å². The molecule has 156 valence electrons. The van der Waals surface area contributed by atoms with E-state index in [0.29, 0.717) is 0 Å². The standard InChI is InChI=1S/C18H19FN2O6S2/c1-27-17-7-4-14(20-18(22)12-8-9-28(23,24)11-12)10-16(17)21-29(25,26)15-5-2-13(19)3-6-15/h2-7,10,12,21H,8-9,11H2,1H3,(H,20,22). The quantitative estimate of drug-likeness (QED) is 0.706. The Morgan fingerprint density at radius 2 is 1.86 bits per heavy atom. The van der Waals surface area contributed by atoms with Crippen molar-refractivity contribution in [3.63, 3.8) is 0 Å². The maximum atomic E-state index is 13.1. The second-order valence-electron chi connectivity index (χ2n) is 6.56. The van der Waals surface area contributed by atoms with Crippen molar-refractivity contribution in [1.82, 2.24) is 0 Å². The molecule has 0 aliphatic carbocycles. The second kappa shape index (κ2) is 7.99. The van der Waals surface area contributed by atoms with Crippen molar-refractivity contribution < 1.29 is 30.8 Å².